The zero-order valence-corrected chi connectivity index (χ0v) is 14.9. The number of hydrazine groups is 1. The van der Waals surface area contributed by atoms with Gasteiger partial charge in [0.1, 0.15) is 10.6 Å². The highest BCUT2D eigenvalue weighted by molar-refractivity contribution is 9.11. The Balaban J connectivity index is 2.15. The van der Waals surface area contributed by atoms with Gasteiger partial charge in [-0.1, -0.05) is 6.07 Å². The molecule has 0 saturated carbocycles. The molecule has 0 atom stereocenters. The molecule has 0 fully saturated rings. The molecule has 108 valence electrons. The van der Waals surface area contributed by atoms with Gasteiger partial charge in [0, 0.05) is 13.8 Å². The Morgan fingerprint density at radius 1 is 1.19 bits per heavy atom. The smallest absolute Gasteiger partial charge is 0.240 e. The van der Waals surface area contributed by atoms with Crippen LogP contribution in [0.1, 0.15) is 4.88 Å². The molecule has 3 rings (SSSR count). The lowest BCUT2D eigenvalue weighted by molar-refractivity contribution is 1.16. The van der Waals surface area contributed by atoms with Gasteiger partial charge in [-0.3, -0.25) is 5.43 Å². The molecule has 2 heterocycles. The summed E-state index contributed by atoms with van der Waals surface area (Å²) in [5.74, 6) is 6.55. The summed E-state index contributed by atoms with van der Waals surface area (Å²) >= 11 is 8.68. The third kappa shape index (κ3) is 2.89. The lowest BCUT2D eigenvalue weighted by Gasteiger charge is -2.11. The first-order valence-electron chi connectivity index (χ1n) is 6.04. The molecule has 0 unspecified atom stereocenters. The fourth-order valence-electron chi connectivity index (χ4n) is 1.94. The summed E-state index contributed by atoms with van der Waals surface area (Å²) in [5, 5.41) is 4.31. The highest BCUT2D eigenvalue weighted by Crippen LogP contribution is 2.36. The number of aromatic nitrogens is 2. The van der Waals surface area contributed by atoms with E-state index in [-0.39, 0.29) is 0 Å². The predicted molar refractivity (Wildman–Crippen MR) is 95.1 cm³/mol. The van der Waals surface area contributed by atoms with Crippen LogP contribution in [0, 0.1) is 6.92 Å². The number of hydrogen-bond donors (Lipinski definition) is 3. The van der Waals surface area contributed by atoms with Crippen LogP contribution in [0.5, 0.6) is 0 Å². The van der Waals surface area contributed by atoms with Crippen molar-refractivity contribution in [1.82, 2.24) is 9.97 Å². The number of anilines is 3. The van der Waals surface area contributed by atoms with Crippen LogP contribution in [0.25, 0.3) is 10.2 Å². The summed E-state index contributed by atoms with van der Waals surface area (Å²) in [4.78, 5) is 10.8. The van der Waals surface area contributed by atoms with Gasteiger partial charge >= 0.3 is 0 Å². The first-order chi connectivity index (χ1) is 10.1. The van der Waals surface area contributed by atoms with Crippen molar-refractivity contribution < 1.29 is 0 Å². The molecule has 21 heavy (non-hydrogen) atoms. The maximum atomic E-state index is 5.45. The number of halogens is 2. The molecule has 8 heteroatoms. The Morgan fingerprint density at radius 3 is 2.57 bits per heavy atom. The van der Waals surface area contributed by atoms with E-state index in [0.717, 1.165) is 24.8 Å². The maximum absolute atomic E-state index is 5.45. The summed E-state index contributed by atoms with van der Waals surface area (Å²) in [5.41, 5.74) is 3.41. The van der Waals surface area contributed by atoms with Crippen molar-refractivity contribution >= 4 is 70.9 Å². The average Bonchev–Trinajstić information content (AvgIpc) is 2.83. The van der Waals surface area contributed by atoms with Gasteiger partial charge in [0.15, 0.2) is 0 Å². The number of thiophene rings is 1. The van der Waals surface area contributed by atoms with Crippen LogP contribution in [0.2, 0.25) is 0 Å². The molecule has 4 N–H and O–H groups in total. The van der Waals surface area contributed by atoms with Crippen molar-refractivity contribution in [3.8, 4) is 0 Å². The number of nitrogens with zero attached hydrogens (tertiary/aromatic N) is 2. The first-order valence-corrected chi connectivity index (χ1v) is 8.44. The Morgan fingerprint density at radius 2 is 1.90 bits per heavy atom. The van der Waals surface area contributed by atoms with Gasteiger partial charge in [0.2, 0.25) is 5.95 Å². The topological polar surface area (TPSA) is 75.9 Å². The number of fused-ring (bicyclic) bond motifs is 1. The van der Waals surface area contributed by atoms with Gasteiger partial charge in [-0.2, -0.15) is 4.98 Å². The van der Waals surface area contributed by atoms with Crippen LogP contribution in [0.4, 0.5) is 17.5 Å². The SMILES string of the molecule is Cc1cc2c(Nc3c(Br)cccc3Br)nc(NN)nc2s1. The van der Waals surface area contributed by atoms with E-state index in [0.29, 0.717) is 11.8 Å². The molecular formula is C13H11Br2N5S. The maximum Gasteiger partial charge on any atom is 0.240 e. The Labute approximate surface area is 142 Å². The van der Waals surface area contributed by atoms with E-state index in [1.54, 1.807) is 11.3 Å². The fraction of sp³-hybridized carbons (Fsp3) is 0.0769. The Hall–Kier alpha value is -1.22. The summed E-state index contributed by atoms with van der Waals surface area (Å²) in [6.07, 6.45) is 0. The molecule has 0 amide bonds. The molecule has 0 aliphatic carbocycles. The van der Waals surface area contributed by atoms with E-state index >= 15 is 0 Å². The van der Waals surface area contributed by atoms with Crippen molar-refractivity contribution in [3.05, 3.63) is 38.1 Å². The first kappa shape index (κ1) is 14.7. The zero-order chi connectivity index (χ0) is 15.0. The minimum absolute atomic E-state index is 0.384. The van der Waals surface area contributed by atoms with Gasteiger partial charge in [0.05, 0.1) is 11.1 Å². The zero-order valence-electron chi connectivity index (χ0n) is 10.9. The van der Waals surface area contributed by atoms with Crippen LogP contribution >= 0.6 is 43.2 Å². The van der Waals surface area contributed by atoms with E-state index in [2.05, 4.69) is 58.6 Å². The van der Waals surface area contributed by atoms with Gasteiger partial charge in [0.25, 0.3) is 0 Å². The molecule has 5 nitrogen and oxygen atoms in total. The van der Waals surface area contributed by atoms with Crippen LogP contribution < -0.4 is 16.6 Å². The van der Waals surface area contributed by atoms with Crippen molar-refractivity contribution in [2.45, 2.75) is 6.92 Å². The number of aryl methyl sites for hydroxylation is 1. The third-order valence-corrected chi connectivity index (χ3v) is 5.12. The molecule has 2 aromatic heterocycles. The number of nitrogens with two attached hydrogens (primary N) is 1. The third-order valence-electron chi connectivity index (χ3n) is 2.85. The van der Waals surface area contributed by atoms with Crippen molar-refractivity contribution in [1.29, 1.82) is 0 Å². The number of para-hydroxylation sites is 1. The quantitative estimate of drug-likeness (QED) is 0.421. The lowest BCUT2D eigenvalue weighted by Crippen LogP contribution is -2.11. The molecule has 0 aliphatic heterocycles. The van der Waals surface area contributed by atoms with E-state index in [4.69, 9.17) is 5.84 Å². The molecule has 0 bridgehead atoms. The summed E-state index contributed by atoms with van der Waals surface area (Å²) in [7, 11) is 0. The molecule has 0 spiro atoms. The van der Waals surface area contributed by atoms with Crippen molar-refractivity contribution in [3.63, 3.8) is 0 Å². The summed E-state index contributed by atoms with van der Waals surface area (Å²) < 4.78 is 1.88. The summed E-state index contributed by atoms with van der Waals surface area (Å²) in [6, 6.07) is 7.95. The van der Waals surface area contributed by atoms with E-state index in [9.17, 15) is 0 Å². The number of hydrogen-bond acceptors (Lipinski definition) is 6. The number of nitrogen functional groups attached to an aromatic ring is 1. The van der Waals surface area contributed by atoms with Crippen molar-refractivity contribution in [2.24, 2.45) is 5.84 Å². The highest BCUT2D eigenvalue weighted by Gasteiger charge is 2.13. The number of benzene rings is 1. The second kappa shape index (κ2) is 5.88. The van der Waals surface area contributed by atoms with E-state index in [1.807, 2.05) is 25.1 Å². The molecule has 1 aromatic carbocycles. The monoisotopic (exact) mass is 427 g/mol. The number of rotatable bonds is 3. The minimum atomic E-state index is 0.384. The second-order valence-corrected chi connectivity index (χ2v) is 7.28. The van der Waals surface area contributed by atoms with Crippen LogP contribution in [0.3, 0.4) is 0 Å². The van der Waals surface area contributed by atoms with Crippen LogP contribution in [0.15, 0.2) is 33.2 Å². The normalized spacial score (nSPS) is 10.9. The molecule has 0 radical (unpaired) electrons. The molecular weight excluding hydrogens is 418 g/mol. The average molecular weight is 429 g/mol. The fourth-order valence-corrected chi connectivity index (χ4v) is 4.01. The second-order valence-electron chi connectivity index (χ2n) is 4.34. The summed E-state index contributed by atoms with van der Waals surface area (Å²) in [6.45, 7) is 2.04. The Kier molecular flexibility index (Phi) is 4.12. The van der Waals surface area contributed by atoms with Gasteiger partial charge in [-0.25, -0.2) is 10.8 Å². The lowest BCUT2D eigenvalue weighted by atomic mass is 10.3. The molecule has 3 aromatic rings. The van der Waals surface area contributed by atoms with Gasteiger partial charge < -0.3 is 5.32 Å². The van der Waals surface area contributed by atoms with E-state index in [1.165, 1.54) is 4.88 Å². The van der Waals surface area contributed by atoms with Crippen LogP contribution in [-0.2, 0) is 0 Å². The van der Waals surface area contributed by atoms with Crippen LogP contribution in [-0.4, -0.2) is 9.97 Å². The molecule has 0 aliphatic rings. The standard InChI is InChI=1S/C13H11Br2N5S/c1-6-5-7-11(18-13(20-16)19-12(7)21-6)17-10-8(14)3-2-4-9(10)15/h2-5H,16H2,1H3,(H2,17,18,19,20). The highest BCUT2D eigenvalue weighted by atomic mass is 79.9. The predicted octanol–water partition coefficient (Wildman–Crippen LogP) is 4.55. The largest absolute Gasteiger partial charge is 0.338 e. The minimum Gasteiger partial charge on any atom is -0.338 e. The Bertz CT molecular complexity index is 797. The van der Waals surface area contributed by atoms with Crippen molar-refractivity contribution in [2.75, 3.05) is 10.7 Å². The molecule has 0 saturated heterocycles. The van der Waals surface area contributed by atoms with Gasteiger partial charge in [-0.05, 0) is 57.0 Å². The van der Waals surface area contributed by atoms with E-state index < -0.39 is 0 Å². The number of nitrogens with one attached hydrogen (secondary N) is 2. The van der Waals surface area contributed by atoms with Gasteiger partial charge in [-0.15, -0.1) is 11.3 Å².